The Balaban J connectivity index is 2.44. The van der Waals surface area contributed by atoms with E-state index in [-0.39, 0.29) is 6.04 Å². The lowest BCUT2D eigenvalue weighted by molar-refractivity contribution is 0.675. The zero-order valence-corrected chi connectivity index (χ0v) is 11.4. The van der Waals surface area contributed by atoms with Crippen molar-refractivity contribution in [3.05, 3.63) is 58.4 Å². The van der Waals surface area contributed by atoms with Crippen molar-refractivity contribution in [2.24, 2.45) is 0 Å². The molecular weight excluding hydrogens is 222 g/mol. The van der Waals surface area contributed by atoms with Gasteiger partial charge in [0.05, 0.1) is 17.4 Å². The van der Waals surface area contributed by atoms with Gasteiger partial charge in [-0.3, -0.25) is 0 Å². The van der Waals surface area contributed by atoms with Crippen molar-refractivity contribution in [3.8, 4) is 0 Å². The van der Waals surface area contributed by atoms with E-state index in [0.717, 1.165) is 11.4 Å². The number of aryl methyl sites for hydroxylation is 3. The van der Waals surface area contributed by atoms with Crippen molar-refractivity contribution in [3.63, 3.8) is 0 Å². The summed E-state index contributed by atoms with van der Waals surface area (Å²) >= 11 is 0. The van der Waals surface area contributed by atoms with Gasteiger partial charge in [-0.05, 0) is 45.0 Å². The molecule has 0 fully saturated rings. The Morgan fingerprint density at radius 3 is 2.28 bits per heavy atom. The highest BCUT2D eigenvalue weighted by atomic mass is 15.1. The van der Waals surface area contributed by atoms with E-state index in [0.29, 0.717) is 0 Å². The second kappa shape index (κ2) is 5.27. The fourth-order valence-electron chi connectivity index (χ4n) is 2.12. The normalized spacial score (nSPS) is 12.4. The maximum Gasteiger partial charge on any atom is 0.0651 e. The summed E-state index contributed by atoms with van der Waals surface area (Å²) in [5.74, 6) is 0. The Hall–Kier alpha value is -1.74. The topological polar surface area (TPSA) is 37.8 Å². The Morgan fingerprint density at radius 1 is 1.00 bits per heavy atom. The van der Waals surface area contributed by atoms with Crippen LogP contribution in [0.5, 0.6) is 0 Å². The molecule has 0 aliphatic rings. The van der Waals surface area contributed by atoms with Crippen LogP contribution in [0.3, 0.4) is 0 Å². The van der Waals surface area contributed by atoms with Crippen LogP contribution in [0.4, 0.5) is 0 Å². The third kappa shape index (κ3) is 2.57. The molecule has 3 nitrogen and oxygen atoms in total. The van der Waals surface area contributed by atoms with Crippen molar-refractivity contribution in [1.82, 2.24) is 15.5 Å². The van der Waals surface area contributed by atoms with Crippen LogP contribution < -0.4 is 5.32 Å². The minimum absolute atomic E-state index is 0.166. The van der Waals surface area contributed by atoms with Crippen molar-refractivity contribution in [1.29, 1.82) is 0 Å². The minimum atomic E-state index is 0.166. The highest BCUT2D eigenvalue weighted by molar-refractivity contribution is 5.35. The molecule has 0 bridgehead atoms. The molecule has 0 spiro atoms. The van der Waals surface area contributed by atoms with Crippen molar-refractivity contribution >= 4 is 0 Å². The smallest absolute Gasteiger partial charge is 0.0651 e. The number of nitrogens with zero attached hydrogens (tertiary/aromatic N) is 2. The van der Waals surface area contributed by atoms with Gasteiger partial charge in [-0.2, -0.15) is 10.2 Å². The standard InChI is InChI=1S/C15H19N3/c1-10-5-7-13(8-6-10)15(16-4)14-9-11(2)17-18-12(14)3/h5-9,15-16H,1-4H3. The zero-order valence-electron chi connectivity index (χ0n) is 11.4. The number of aromatic nitrogens is 2. The molecular formula is C15H19N3. The fourth-order valence-corrected chi connectivity index (χ4v) is 2.12. The number of hydrogen-bond acceptors (Lipinski definition) is 3. The van der Waals surface area contributed by atoms with E-state index in [1.165, 1.54) is 16.7 Å². The molecule has 1 N–H and O–H groups in total. The van der Waals surface area contributed by atoms with Crippen LogP contribution in [0.1, 0.15) is 34.1 Å². The van der Waals surface area contributed by atoms with E-state index in [1.54, 1.807) is 0 Å². The molecule has 0 aliphatic heterocycles. The Morgan fingerprint density at radius 2 is 1.67 bits per heavy atom. The summed E-state index contributed by atoms with van der Waals surface area (Å²) < 4.78 is 0. The molecule has 1 unspecified atom stereocenters. The second-order valence-electron chi connectivity index (χ2n) is 4.66. The van der Waals surface area contributed by atoms with Crippen LogP contribution in [0, 0.1) is 20.8 Å². The lowest BCUT2D eigenvalue weighted by atomic mass is 9.97. The minimum Gasteiger partial charge on any atom is -0.309 e. The highest BCUT2D eigenvalue weighted by Crippen LogP contribution is 2.24. The Bertz CT molecular complexity index is 532. The molecule has 0 amide bonds. The molecule has 1 heterocycles. The fraction of sp³-hybridized carbons (Fsp3) is 0.333. The average Bonchev–Trinajstić information content (AvgIpc) is 2.37. The summed E-state index contributed by atoms with van der Waals surface area (Å²) in [6.45, 7) is 6.07. The van der Waals surface area contributed by atoms with Gasteiger partial charge in [-0.25, -0.2) is 0 Å². The van der Waals surface area contributed by atoms with Crippen LogP contribution in [0.2, 0.25) is 0 Å². The second-order valence-corrected chi connectivity index (χ2v) is 4.66. The third-order valence-electron chi connectivity index (χ3n) is 3.15. The predicted octanol–water partition coefficient (Wildman–Crippen LogP) is 2.71. The quantitative estimate of drug-likeness (QED) is 0.897. The van der Waals surface area contributed by atoms with Gasteiger partial charge in [0.1, 0.15) is 0 Å². The first-order valence-electron chi connectivity index (χ1n) is 6.16. The Kier molecular flexibility index (Phi) is 3.72. The van der Waals surface area contributed by atoms with Gasteiger partial charge in [0.25, 0.3) is 0 Å². The van der Waals surface area contributed by atoms with Crippen LogP contribution in [-0.2, 0) is 0 Å². The van der Waals surface area contributed by atoms with E-state index >= 15 is 0 Å². The molecule has 1 atom stereocenters. The number of benzene rings is 1. The first-order valence-corrected chi connectivity index (χ1v) is 6.16. The largest absolute Gasteiger partial charge is 0.309 e. The summed E-state index contributed by atoms with van der Waals surface area (Å²) in [5.41, 5.74) is 5.63. The SMILES string of the molecule is CNC(c1ccc(C)cc1)c1cc(C)nnc1C. The van der Waals surface area contributed by atoms with Gasteiger partial charge in [0, 0.05) is 0 Å². The summed E-state index contributed by atoms with van der Waals surface area (Å²) in [4.78, 5) is 0. The van der Waals surface area contributed by atoms with Gasteiger partial charge >= 0.3 is 0 Å². The molecule has 0 aliphatic carbocycles. The van der Waals surface area contributed by atoms with Crippen LogP contribution in [0.25, 0.3) is 0 Å². The number of hydrogen-bond donors (Lipinski definition) is 1. The van der Waals surface area contributed by atoms with Gasteiger partial charge in [0.2, 0.25) is 0 Å². The molecule has 3 heteroatoms. The van der Waals surface area contributed by atoms with Gasteiger partial charge in [-0.15, -0.1) is 0 Å². The molecule has 1 aromatic carbocycles. The van der Waals surface area contributed by atoms with Crippen molar-refractivity contribution < 1.29 is 0 Å². The lowest BCUT2D eigenvalue weighted by Crippen LogP contribution is -2.19. The van der Waals surface area contributed by atoms with Crippen LogP contribution >= 0.6 is 0 Å². The average molecular weight is 241 g/mol. The van der Waals surface area contributed by atoms with Gasteiger partial charge < -0.3 is 5.32 Å². The number of rotatable bonds is 3. The molecule has 2 aromatic rings. The summed E-state index contributed by atoms with van der Waals surface area (Å²) in [6, 6.07) is 10.9. The van der Waals surface area contributed by atoms with Crippen molar-refractivity contribution in [2.45, 2.75) is 26.8 Å². The van der Waals surface area contributed by atoms with E-state index in [2.05, 4.69) is 52.8 Å². The monoisotopic (exact) mass is 241 g/mol. The van der Waals surface area contributed by atoms with Crippen LogP contribution in [0.15, 0.2) is 30.3 Å². The van der Waals surface area contributed by atoms with E-state index in [9.17, 15) is 0 Å². The number of nitrogens with one attached hydrogen (secondary N) is 1. The molecule has 0 radical (unpaired) electrons. The Labute approximate surface area is 108 Å². The third-order valence-corrected chi connectivity index (χ3v) is 3.15. The van der Waals surface area contributed by atoms with Crippen LogP contribution in [-0.4, -0.2) is 17.2 Å². The molecule has 18 heavy (non-hydrogen) atoms. The van der Waals surface area contributed by atoms with E-state index in [4.69, 9.17) is 0 Å². The zero-order chi connectivity index (χ0) is 13.1. The molecule has 0 saturated carbocycles. The van der Waals surface area contributed by atoms with E-state index in [1.807, 2.05) is 20.9 Å². The summed E-state index contributed by atoms with van der Waals surface area (Å²) in [7, 11) is 1.97. The van der Waals surface area contributed by atoms with E-state index < -0.39 is 0 Å². The van der Waals surface area contributed by atoms with Crippen molar-refractivity contribution in [2.75, 3.05) is 7.05 Å². The first kappa shape index (κ1) is 12.7. The summed E-state index contributed by atoms with van der Waals surface area (Å²) in [6.07, 6.45) is 0. The molecule has 0 saturated heterocycles. The molecule has 2 rings (SSSR count). The lowest BCUT2D eigenvalue weighted by Gasteiger charge is -2.19. The molecule has 94 valence electrons. The highest BCUT2D eigenvalue weighted by Gasteiger charge is 2.15. The van der Waals surface area contributed by atoms with Gasteiger partial charge in [0.15, 0.2) is 0 Å². The van der Waals surface area contributed by atoms with Gasteiger partial charge in [-0.1, -0.05) is 29.8 Å². The summed E-state index contributed by atoms with van der Waals surface area (Å²) in [5, 5.41) is 11.6. The first-order chi connectivity index (χ1) is 8.61. The maximum atomic E-state index is 4.20. The maximum absolute atomic E-state index is 4.20. The predicted molar refractivity (Wildman–Crippen MR) is 73.6 cm³/mol. The molecule has 1 aromatic heterocycles.